The number of fused-ring (bicyclic) bond motifs is 1. The average molecular weight is 451 g/mol. The van der Waals surface area contributed by atoms with Crippen LogP contribution in [0, 0.1) is 0 Å². The average Bonchev–Trinajstić information content (AvgIpc) is 3.21. The molecule has 2 unspecified atom stereocenters. The zero-order valence-corrected chi connectivity index (χ0v) is 19.4. The molecule has 2 aliphatic rings. The lowest BCUT2D eigenvalue weighted by molar-refractivity contribution is -0.140. The lowest BCUT2D eigenvalue weighted by Gasteiger charge is -2.30. The zero-order valence-electron chi connectivity index (χ0n) is 19.4. The molecule has 2 aliphatic heterocycles. The molecule has 0 aromatic heterocycles. The van der Waals surface area contributed by atoms with E-state index in [1.165, 1.54) is 41.6 Å². The van der Waals surface area contributed by atoms with Gasteiger partial charge >= 0.3 is 5.97 Å². The van der Waals surface area contributed by atoms with Gasteiger partial charge in [0, 0.05) is 25.7 Å². The highest BCUT2D eigenvalue weighted by molar-refractivity contribution is 5.78. The van der Waals surface area contributed by atoms with Gasteiger partial charge in [-0.25, -0.2) is 0 Å². The SMILES string of the molecule is CC1CCCN1CCc1ccc(-c2ccc3c(c2)CCN(C(=O)CC(O)CC(=O)O)C3)cc1. The van der Waals surface area contributed by atoms with Crippen molar-refractivity contribution in [1.29, 1.82) is 0 Å². The molecule has 33 heavy (non-hydrogen) atoms. The Bertz CT molecular complexity index is 988. The van der Waals surface area contributed by atoms with E-state index in [4.69, 9.17) is 5.11 Å². The number of aliphatic carboxylic acids is 1. The summed E-state index contributed by atoms with van der Waals surface area (Å²) in [6.45, 7) is 5.76. The molecule has 0 radical (unpaired) electrons. The van der Waals surface area contributed by atoms with Crippen LogP contribution in [0.1, 0.15) is 49.3 Å². The molecule has 2 atom stereocenters. The number of carbonyl (C=O) groups excluding carboxylic acids is 1. The van der Waals surface area contributed by atoms with Crippen LogP contribution in [-0.2, 0) is 29.0 Å². The summed E-state index contributed by atoms with van der Waals surface area (Å²) in [5, 5.41) is 18.5. The fourth-order valence-corrected chi connectivity index (χ4v) is 5.01. The van der Waals surface area contributed by atoms with Crippen molar-refractivity contribution in [2.24, 2.45) is 0 Å². The van der Waals surface area contributed by atoms with Gasteiger partial charge in [0.2, 0.25) is 5.91 Å². The Kier molecular flexibility index (Phi) is 7.46. The predicted octanol–water partition coefficient (Wildman–Crippen LogP) is 3.49. The number of hydrogen-bond donors (Lipinski definition) is 2. The van der Waals surface area contributed by atoms with E-state index in [2.05, 4.69) is 54.3 Å². The standard InChI is InChI=1S/C27H34N2O4/c1-19-3-2-12-28(19)13-10-20-4-6-21(7-5-20)22-8-9-24-18-29(14-11-23(24)15-22)26(31)16-25(30)17-27(32)33/h4-9,15,19,25,30H,2-3,10-14,16-18H2,1H3,(H,32,33). The highest BCUT2D eigenvalue weighted by Gasteiger charge is 2.24. The maximum atomic E-state index is 12.4. The van der Waals surface area contributed by atoms with E-state index in [-0.39, 0.29) is 12.3 Å². The van der Waals surface area contributed by atoms with E-state index < -0.39 is 18.5 Å². The number of carboxylic acid groups (broad SMARTS) is 1. The van der Waals surface area contributed by atoms with Gasteiger partial charge in [-0.2, -0.15) is 0 Å². The summed E-state index contributed by atoms with van der Waals surface area (Å²) in [4.78, 5) is 27.4. The second kappa shape index (κ2) is 10.5. The van der Waals surface area contributed by atoms with Crippen molar-refractivity contribution >= 4 is 11.9 Å². The molecule has 176 valence electrons. The largest absolute Gasteiger partial charge is 0.481 e. The molecule has 0 aliphatic carbocycles. The van der Waals surface area contributed by atoms with Crippen LogP contribution in [0.15, 0.2) is 42.5 Å². The van der Waals surface area contributed by atoms with Crippen molar-refractivity contribution in [3.05, 3.63) is 59.2 Å². The summed E-state index contributed by atoms with van der Waals surface area (Å²) < 4.78 is 0. The Morgan fingerprint density at radius 2 is 1.79 bits per heavy atom. The monoisotopic (exact) mass is 450 g/mol. The molecule has 2 N–H and O–H groups in total. The minimum Gasteiger partial charge on any atom is -0.481 e. The first-order chi connectivity index (χ1) is 15.9. The lowest BCUT2D eigenvalue weighted by atomic mass is 9.94. The molecular formula is C27H34N2O4. The van der Waals surface area contributed by atoms with Gasteiger partial charge in [-0.05, 0) is 67.0 Å². The molecule has 0 saturated carbocycles. The summed E-state index contributed by atoms with van der Waals surface area (Å²) >= 11 is 0. The number of aliphatic hydroxyl groups excluding tert-OH is 1. The van der Waals surface area contributed by atoms with Crippen LogP contribution < -0.4 is 0 Å². The quantitative estimate of drug-likeness (QED) is 0.644. The number of benzene rings is 2. The number of aliphatic hydroxyl groups is 1. The highest BCUT2D eigenvalue weighted by Crippen LogP contribution is 2.27. The molecule has 6 heteroatoms. The van der Waals surface area contributed by atoms with Crippen LogP contribution in [0.25, 0.3) is 11.1 Å². The molecule has 1 amide bonds. The summed E-state index contributed by atoms with van der Waals surface area (Å²) in [6.07, 6.45) is 2.78. The summed E-state index contributed by atoms with van der Waals surface area (Å²) in [7, 11) is 0. The number of carbonyl (C=O) groups is 2. The molecule has 1 fully saturated rings. The third kappa shape index (κ3) is 6.01. The van der Waals surface area contributed by atoms with Crippen LogP contribution >= 0.6 is 0 Å². The van der Waals surface area contributed by atoms with Gasteiger partial charge < -0.3 is 20.0 Å². The van der Waals surface area contributed by atoms with E-state index in [1.54, 1.807) is 4.90 Å². The topological polar surface area (TPSA) is 81.1 Å². The normalized spacial score (nSPS) is 19.3. The number of hydrogen-bond acceptors (Lipinski definition) is 4. The first-order valence-corrected chi connectivity index (χ1v) is 12.0. The van der Waals surface area contributed by atoms with Gasteiger partial charge in [0.15, 0.2) is 0 Å². The molecule has 2 heterocycles. The fraction of sp³-hybridized carbons (Fsp3) is 0.481. The lowest BCUT2D eigenvalue weighted by Crippen LogP contribution is -2.37. The fourth-order valence-electron chi connectivity index (χ4n) is 5.01. The summed E-state index contributed by atoms with van der Waals surface area (Å²) in [6, 6.07) is 16.0. The number of carboxylic acids is 1. The maximum Gasteiger partial charge on any atom is 0.305 e. The van der Waals surface area contributed by atoms with Crippen molar-refractivity contribution in [2.75, 3.05) is 19.6 Å². The number of nitrogens with zero attached hydrogens (tertiary/aromatic N) is 2. The second-order valence-corrected chi connectivity index (χ2v) is 9.48. The van der Waals surface area contributed by atoms with Crippen LogP contribution in [0.4, 0.5) is 0 Å². The van der Waals surface area contributed by atoms with Crippen molar-refractivity contribution in [2.45, 2.75) is 64.1 Å². The molecule has 0 spiro atoms. The van der Waals surface area contributed by atoms with Crippen molar-refractivity contribution in [1.82, 2.24) is 9.80 Å². The number of amides is 1. The van der Waals surface area contributed by atoms with E-state index in [0.29, 0.717) is 19.1 Å². The smallest absolute Gasteiger partial charge is 0.305 e. The van der Waals surface area contributed by atoms with Gasteiger partial charge in [-0.1, -0.05) is 42.5 Å². The Morgan fingerprint density at radius 3 is 2.48 bits per heavy atom. The molecule has 6 nitrogen and oxygen atoms in total. The van der Waals surface area contributed by atoms with Gasteiger partial charge in [0.05, 0.1) is 18.9 Å². The first-order valence-electron chi connectivity index (χ1n) is 12.0. The van der Waals surface area contributed by atoms with Crippen molar-refractivity contribution in [3.63, 3.8) is 0 Å². The highest BCUT2D eigenvalue weighted by atomic mass is 16.4. The third-order valence-corrected chi connectivity index (χ3v) is 7.06. The maximum absolute atomic E-state index is 12.4. The molecule has 2 aromatic rings. The Morgan fingerprint density at radius 1 is 1.03 bits per heavy atom. The predicted molar refractivity (Wildman–Crippen MR) is 128 cm³/mol. The Balaban J connectivity index is 1.35. The number of rotatable bonds is 8. The molecular weight excluding hydrogens is 416 g/mol. The second-order valence-electron chi connectivity index (χ2n) is 9.48. The minimum absolute atomic E-state index is 0.150. The van der Waals surface area contributed by atoms with E-state index >= 15 is 0 Å². The summed E-state index contributed by atoms with van der Waals surface area (Å²) in [5.41, 5.74) is 6.11. The van der Waals surface area contributed by atoms with Crippen molar-refractivity contribution < 1.29 is 19.8 Å². The minimum atomic E-state index is -1.14. The number of likely N-dealkylation sites (tertiary alicyclic amines) is 1. The zero-order chi connectivity index (χ0) is 23.4. The first kappa shape index (κ1) is 23.5. The van der Waals surface area contributed by atoms with E-state index in [9.17, 15) is 14.7 Å². The molecule has 4 rings (SSSR count). The van der Waals surface area contributed by atoms with Crippen LogP contribution in [0.3, 0.4) is 0 Å². The van der Waals surface area contributed by atoms with Crippen LogP contribution in [-0.4, -0.2) is 63.7 Å². The molecule has 2 aromatic carbocycles. The van der Waals surface area contributed by atoms with Gasteiger partial charge in [0.1, 0.15) is 0 Å². The summed E-state index contributed by atoms with van der Waals surface area (Å²) in [5.74, 6) is -1.29. The Hall–Kier alpha value is -2.70. The van der Waals surface area contributed by atoms with Crippen molar-refractivity contribution in [3.8, 4) is 11.1 Å². The molecule has 1 saturated heterocycles. The van der Waals surface area contributed by atoms with Gasteiger partial charge in [-0.3, -0.25) is 9.59 Å². The van der Waals surface area contributed by atoms with E-state index in [1.807, 2.05) is 0 Å². The third-order valence-electron chi connectivity index (χ3n) is 7.06. The van der Waals surface area contributed by atoms with Crippen LogP contribution in [0.5, 0.6) is 0 Å². The van der Waals surface area contributed by atoms with E-state index in [0.717, 1.165) is 24.9 Å². The van der Waals surface area contributed by atoms with Gasteiger partial charge in [-0.15, -0.1) is 0 Å². The molecule has 0 bridgehead atoms. The van der Waals surface area contributed by atoms with Gasteiger partial charge in [0.25, 0.3) is 0 Å². The van der Waals surface area contributed by atoms with Crippen LogP contribution in [0.2, 0.25) is 0 Å². The Labute approximate surface area is 195 Å².